The van der Waals surface area contributed by atoms with Crippen LogP contribution in [-0.2, 0) is 19.4 Å². The van der Waals surface area contributed by atoms with Crippen molar-refractivity contribution in [3.05, 3.63) is 99.1 Å². The molecule has 1 N–H and O–H groups in total. The van der Waals surface area contributed by atoms with Crippen LogP contribution < -0.4 is 9.64 Å². The molecule has 0 saturated heterocycles. The van der Waals surface area contributed by atoms with Crippen LogP contribution in [0.25, 0.3) is 0 Å². The molecule has 0 aliphatic rings. The Labute approximate surface area is 212 Å². The van der Waals surface area contributed by atoms with E-state index >= 15 is 0 Å². The van der Waals surface area contributed by atoms with E-state index in [0.29, 0.717) is 29.8 Å². The average Bonchev–Trinajstić information content (AvgIpc) is 2.84. The number of aliphatic hydroxyl groups excluding tert-OH is 1. The summed E-state index contributed by atoms with van der Waals surface area (Å²) in [6.07, 6.45) is 2.26. The minimum absolute atomic E-state index is 0.101. The minimum atomic E-state index is -0.782. The predicted molar refractivity (Wildman–Crippen MR) is 142 cm³/mol. The lowest BCUT2D eigenvalue weighted by molar-refractivity contribution is -0.385. The van der Waals surface area contributed by atoms with E-state index in [2.05, 4.69) is 56.9 Å². The van der Waals surface area contributed by atoms with Crippen LogP contribution in [0.15, 0.2) is 66.7 Å². The highest BCUT2D eigenvalue weighted by molar-refractivity contribution is 5.95. The van der Waals surface area contributed by atoms with Crippen molar-refractivity contribution >= 4 is 17.3 Å². The summed E-state index contributed by atoms with van der Waals surface area (Å²) >= 11 is 0. The molecule has 0 bridgehead atoms. The molecule has 0 spiro atoms. The quantitative estimate of drug-likeness (QED) is 0.151. The molecule has 3 aromatic carbocycles. The zero-order chi connectivity index (χ0) is 26.2. The van der Waals surface area contributed by atoms with E-state index < -0.39 is 10.9 Å². The topological polar surface area (TPSA) is 92.9 Å². The van der Waals surface area contributed by atoms with Crippen molar-refractivity contribution < 1.29 is 19.6 Å². The molecule has 3 rings (SSSR count). The Morgan fingerprint density at radius 2 is 1.67 bits per heavy atom. The molecule has 0 heterocycles. The van der Waals surface area contributed by atoms with Crippen LogP contribution in [0.5, 0.6) is 5.75 Å². The number of anilines is 1. The van der Waals surface area contributed by atoms with Crippen LogP contribution in [-0.4, -0.2) is 28.1 Å². The summed E-state index contributed by atoms with van der Waals surface area (Å²) < 4.78 is 5.60. The number of carbonyl (C=O) groups excluding carboxylic acids is 1. The van der Waals surface area contributed by atoms with Gasteiger partial charge in [0.2, 0.25) is 0 Å². The van der Waals surface area contributed by atoms with E-state index in [-0.39, 0.29) is 17.9 Å². The number of aliphatic hydroxyl groups is 1. The number of ether oxygens (including phenoxy) is 1. The maximum atomic E-state index is 12.8. The van der Waals surface area contributed by atoms with E-state index in [4.69, 9.17) is 4.74 Å². The number of aryl methyl sites for hydroxylation is 2. The van der Waals surface area contributed by atoms with Crippen molar-refractivity contribution in [2.45, 2.75) is 65.6 Å². The second-order valence-corrected chi connectivity index (χ2v) is 9.38. The average molecular weight is 491 g/mol. The number of esters is 1. The highest BCUT2D eigenvalue weighted by Gasteiger charge is 2.22. The third kappa shape index (κ3) is 6.70. The Bertz CT molecular complexity index is 1200. The summed E-state index contributed by atoms with van der Waals surface area (Å²) in [5.41, 5.74) is 3.50. The molecule has 0 fully saturated rings. The van der Waals surface area contributed by atoms with E-state index in [1.54, 1.807) is 18.2 Å². The molecular weight excluding hydrogens is 456 g/mol. The summed E-state index contributed by atoms with van der Waals surface area (Å²) in [6, 6.07) is 20.2. The van der Waals surface area contributed by atoms with Gasteiger partial charge in [-0.05, 0) is 94.0 Å². The van der Waals surface area contributed by atoms with Crippen molar-refractivity contribution in [3.63, 3.8) is 0 Å². The van der Waals surface area contributed by atoms with Gasteiger partial charge in [0.15, 0.2) is 0 Å². The van der Waals surface area contributed by atoms with Gasteiger partial charge < -0.3 is 14.7 Å². The maximum Gasteiger partial charge on any atom is 0.350 e. The van der Waals surface area contributed by atoms with Gasteiger partial charge in [0, 0.05) is 23.8 Å². The van der Waals surface area contributed by atoms with E-state index in [0.717, 1.165) is 18.4 Å². The number of nitrogens with zero attached hydrogens (tertiary/aromatic N) is 2. The molecule has 0 aliphatic carbocycles. The summed E-state index contributed by atoms with van der Waals surface area (Å²) in [7, 11) is 0. The fraction of sp³-hybridized carbons (Fsp3) is 0.345. The maximum absolute atomic E-state index is 12.8. The zero-order valence-electron chi connectivity index (χ0n) is 21.3. The molecule has 0 radical (unpaired) electrons. The van der Waals surface area contributed by atoms with E-state index in [9.17, 15) is 20.0 Å². The molecule has 3 aromatic rings. The van der Waals surface area contributed by atoms with Crippen molar-refractivity contribution in [3.8, 4) is 5.75 Å². The van der Waals surface area contributed by atoms with Crippen LogP contribution in [0.3, 0.4) is 0 Å². The molecule has 0 aliphatic heterocycles. The first-order valence-corrected chi connectivity index (χ1v) is 12.3. The normalized spacial score (nSPS) is 11.1. The van der Waals surface area contributed by atoms with Gasteiger partial charge >= 0.3 is 5.97 Å². The number of rotatable bonds is 11. The fourth-order valence-electron chi connectivity index (χ4n) is 4.53. The molecule has 0 aromatic heterocycles. The predicted octanol–water partition coefficient (Wildman–Crippen LogP) is 6.10. The Morgan fingerprint density at radius 3 is 2.33 bits per heavy atom. The number of carbonyl (C=O) groups is 1. The molecule has 0 atom stereocenters. The minimum Gasteiger partial charge on any atom is -0.422 e. The first kappa shape index (κ1) is 26.9. The van der Waals surface area contributed by atoms with Crippen molar-refractivity contribution in [2.24, 2.45) is 0 Å². The molecule has 7 nitrogen and oxygen atoms in total. The third-order valence-electron chi connectivity index (χ3n) is 6.06. The number of nitro groups is 1. The van der Waals surface area contributed by atoms with Crippen LogP contribution in [0, 0.1) is 10.1 Å². The number of benzene rings is 3. The summed E-state index contributed by atoms with van der Waals surface area (Å²) in [6.45, 7) is 8.62. The van der Waals surface area contributed by atoms with Crippen LogP contribution in [0.2, 0.25) is 0 Å². The second kappa shape index (κ2) is 12.3. The Hall–Kier alpha value is -3.71. The molecule has 0 saturated carbocycles. The van der Waals surface area contributed by atoms with Gasteiger partial charge in [-0.3, -0.25) is 10.1 Å². The standard InChI is InChI=1S/C29H34N2O5/c1-20(2)30(21(3)4)25-12-8-10-22(18-25)9-7-11-24-17-23(19-32)15-16-28(24)36-29(33)26-13-5-6-14-27(26)31(34)35/h5-6,8,10,12-18,20-21,32H,7,9,11,19H2,1-4H3. The van der Waals surface area contributed by atoms with Gasteiger partial charge in [0.1, 0.15) is 11.3 Å². The van der Waals surface area contributed by atoms with E-state index in [1.165, 1.54) is 29.4 Å². The van der Waals surface area contributed by atoms with Gasteiger partial charge in [0.25, 0.3) is 5.69 Å². The largest absolute Gasteiger partial charge is 0.422 e. The molecule has 36 heavy (non-hydrogen) atoms. The molecular formula is C29H34N2O5. The van der Waals surface area contributed by atoms with Gasteiger partial charge in [-0.15, -0.1) is 0 Å². The zero-order valence-corrected chi connectivity index (χ0v) is 21.3. The van der Waals surface area contributed by atoms with Crippen molar-refractivity contribution in [1.82, 2.24) is 0 Å². The van der Waals surface area contributed by atoms with Crippen LogP contribution >= 0.6 is 0 Å². The number of nitro benzene ring substituents is 1. The van der Waals surface area contributed by atoms with Gasteiger partial charge in [0.05, 0.1) is 11.5 Å². The fourth-order valence-corrected chi connectivity index (χ4v) is 4.53. The lowest BCUT2D eigenvalue weighted by Crippen LogP contribution is -2.36. The summed E-state index contributed by atoms with van der Waals surface area (Å²) in [5, 5.41) is 20.9. The van der Waals surface area contributed by atoms with Crippen LogP contribution in [0.4, 0.5) is 11.4 Å². The van der Waals surface area contributed by atoms with Gasteiger partial charge in [-0.2, -0.15) is 0 Å². The number of para-hydroxylation sites is 1. The van der Waals surface area contributed by atoms with Crippen molar-refractivity contribution in [1.29, 1.82) is 0 Å². The Balaban J connectivity index is 1.76. The first-order valence-electron chi connectivity index (χ1n) is 12.3. The summed E-state index contributed by atoms with van der Waals surface area (Å²) in [5.74, 6) is -0.439. The monoisotopic (exact) mass is 490 g/mol. The highest BCUT2D eigenvalue weighted by atomic mass is 16.6. The third-order valence-corrected chi connectivity index (χ3v) is 6.06. The lowest BCUT2D eigenvalue weighted by Gasteiger charge is -2.33. The number of hydrogen-bond donors (Lipinski definition) is 1. The first-order chi connectivity index (χ1) is 17.2. The molecule has 7 heteroatoms. The SMILES string of the molecule is CC(C)N(c1cccc(CCCc2cc(CO)ccc2OC(=O)c2ccccc2[N+](=O)[O-])c1)C(C)C. The molecule has 0 unspecified atom stereocenters. The summed E-state index contributed by atoms with van der Waals surface area (Å²) in [4.78, 5) is 25.9. The molecule has 190 valence electrons. The smallest absolute Gasteiger partial charge is 0.350 e. The Kier molecular flexibility index (Phi) is 9.19. The molecule has 0 amide bonds. The lowest BCUT2D eigenvalue weighted by atomic mass is 10.0. The second-order valence-electron chi connectivity index (χ2n) is 9.38. The Morgan fingerprint density at radius 1 is 0.944 bits per heavy atom. The number of hydrogen-bond acceptors (Lipinski definition) is 6. The van der Waals surface area contributed by atoms with Crippen molar-refractivity contribution in [2.75, 3.05) is 4.90 Å². The van der Waals surface area contributed by atoms with Gasteiger partial charge in [-0.25, -0.2) is 4.79 Å². The van der Waals surface area contributed by atoms with Gasteiger partial charge in [-0.1, -0.05) is 30.3 Å². The van der Waals surface area contributed by atoms with E-state index in [1.807, 2.05) is 6.07 Å². The van der Waals surface area contributed by atoms with Crippen LogP contribution in [0.1, 0.15) is 61.2 Å². The highest BCUT2D eigenvalue weighted by Crippen LogP contribution is 2.27.